The zero-order valence-electron chi connectivity index (χ0n) is 11.7. The van der Waals surface area contributed by atoms with Gasteiger partial charge >= 0.3 is 0 Å². The molecule has 0 spiro atoms. The number of hydrogen-bond donors (Lipinski definition) is 1. The number of thiazole rings is 1. The molecule has 5 heteroatoms. The third-order valence-electron chi connectivity index (χ3n) is 5.00. The Morgan fingerprint density at radius 1 is 1.38 bits per heavy atom. The Morgan fingerprint density at radius 3 is 2.95 bits per heavy atom. The van der Waals surface area contributed by atoms with Crippen LogP contribution in [0.25, 0.3) is 0 Å². The topological polar surface area (TPSA) is 24.9 Å². The first-order valence-electron chi connectivity index (χ1n) is 7.18. The van der Waals surface area contributed by atoms with Crippen LogP contribution in [0.1, 0.15) is 16.3 Å². The van der Waals surface area contributed by atoms with Crippen LogP contribution in [-0.2, 0) is 11.8 Å². The second kappa shape index (κ2) is 4.95. The molecule has 1 aliphatic heterocycles. The Morgan fingerprint density at radius 2 is 2.24 bits per heavy atom. The fourth-order valence-electron chi connectivity index (χ4n) is 3.95. The summed E-state index contributed by atoms with van der Waals surface area (Å²) in [7, 11) is 0. The highest BCUT2D eigenvalue weighted by atomic mass is 35.5. The summed E-state index contributed by atoms with van der Waals surface area (Å²) < 4.78 is 0. The van der Waals surface area contributed by atoms with Crippen molar-refractivity contribution >= 4 is 34.5 Å². The fourth-order valence-corrected chi connectivity index (χ4v) is 5.08. The van der Waals surface area contributed by atoms with Gasteiger partial charge in [-0.2, -0.15) is 0 Å². The molecule has 2 fully saturated rings. The van der Waals surface area contributed by atoms with Crippen LogP contribution in [0.15, 0.2) is 23.6 Å². The van der Waals surface area contributed by atoms with Gasteiger partial charge in [-0.1, -0.05) is 29.3 Å². The van der Waals surface area contributed by atoms with Gasteiger partial charge in [-0.15, -0.1) is 11.3 Å². The van der Waals surface area contributed by atoms with Crippen molar-refractivity contribution in [3.63, 3.8) is 0 Å². The normalized spacial score (nSPS) is 30.4. The minimum atomic E-state index is 0.230. The van der Waals surface area contributed by atoms with Crippen LogP contribution < -0.4 is 5.32 Å². The molecule has 0 radical (unpaired) electrons. The summed E-state index contributed by atoms with van der Waals surface area (Å²) in [6.07, 6.45) is 1.07. The summed E-state index contributed by atoms with van der Waals surface area (Å²) in [5.74, 6) is 1.36. The first-order valence-corrected chi connectivity index (χ1v) is 8.82. The lowest BCUT2D eigenvalue weighted by molar-refractivity contribution is 0.555. The standard InChI is InChI=1S/C16H16Cl2N2S/c1-9-7-21-15(20-9)5-11-12-6-19-8-16(11,12)10-2-3-13(17)14(18)4-10/h2-4,7,11-12,19H,5-6,8H2,1H3/t11-,12-,16-/m0/s1. The van der Waals surface area contributed by atoms with Crippen molar-refractivity contribution in [2.24, 2.45) is 11.8 Å². The van der Waals surface area contributed by atoms with Gasteiger partial charge in [0.15, 0.2) is 0 Å². The molecule has 2 heterocycles. The van der Waals surface area contributed by atoms with Crippen LogP contribution in [0.2, 0.25) is 10.0 Å². The molecule has 2 nitrogen and oxygen atoms in total. The maximum absolute atomic E-state index is 6.22. The predicted molar refractivity (Wildman–Crippen MR) is 88.5 cm³/mol. The van der Waals surface area contributed by atoms with E-state index in [-0.39, 0.29) is 5.41 Å². The van der Waals surface area contributed by atoms with E-state index in [0.29, 0.717) is 21.9 Å². The number of piperidine rings is 1. The zero-order valence-corrected chi connectivity index (χ0v) is 14.0. The quantitative estimate of drug-likeness (QED) is 0.911. The Labute approximate surface area is 138 Å². The molecule has 110 valence electrons. The summed E-state index contributed by atoms with van der Waals surface area (Å²) >= 11 is 14.1. The molecule has 1 aliphatic carbocycles. The number of benzene rings is 1. The SMILES string of the molecule is Cc1csc(C[C@H]2[C@@H]3CNC[C@@]32c2ccc(Cl)c(Cl)c2)n1. The lowest BCUT2D eigenvalue weighted by Crippen LogP contribution is -2.24. The second-order valence-electron chi connectivity index (χ2n) is 6.10. The summed E-state index contributed by atoms with van der Waals surface area (Å²) in [6, 6.07) is 6.12. The molecule has 2 aromatic rings. The van der Waals surface area contributed by atoms with Crippen LogP contribution in [0, 0.1) is 18.8 Å². The van der Waals surface area contributed by atoms with Crippen molar-refractivity contribution in [2.45, 2.75) is 18.8 Å². The van der Waals surface area contributed by atoms with Crippen molar-refractivity contribution < 1.29 is 0 Å². The first kappa shape index (κ1) is 14.0. The van der Waals surface area contributed by atoms with Gasteiger partial charge in [0.05, 0.1) is 15.1 Å². The first-order chi connectivity index (χ1) is 10.1. The summed E-state index contributed by atoms with van der Waals surface area (Å²) in [4.78, 5) is 4.63. The molecule has 0 bridgehead atoms. The van der Waals surface area contributed by atoms with E-state index in [1.165, 1.54) is 10.6 Å². The van der Waals surface area contributed by atoms with Gasteiger partial charge in [-0.25, -0.2) is 4.98 Å². The summed E-state index contributed by atoms with van der Waals surface area (Å²) in [5.41, 5.74) is 2.68. The van der Waals surface area contributed by atoms with Gasteiger partial charge in [0, 0.05) is 29.5 Å². The van der Waals surface area contributed by atoms with E-state index in [4.69, 9.17) is 23.2 Å². The molecular weight excluding hydrogens is 323 g/mol. The number of aryl methyl sites for hydroxylation is 1. The zero-order chi connectivity index (χ0) is 14.6. The van der Waals surface area contributed by atoms with E-state index in [1.54, 1.807) is 11.3 Å². The van der Waals surface area contributed by atoms with Crippen LogP contribution in [0.5, 0.6) is 0 Å². The fraction of sp³-hybridized carbons (Fsp3) is 0.438. The molecule has 2 aliphatic rings. The second-order valence-corrected chi connectivity index (χ2v) is 7.86. The van der Waals surface area contributed by atoms with Crippen LogP contribution in [0.4, 0.5) is 0 Å². The van der Waals surface area contributed by atoms with Crippen molar-refractivity contribution in [1.29, 1.82) is 0 Å². The van der Waals surface area contributed by atoms with Crippen LogP contribution in [0.3, 0.4) is 0 Å². The highest BCUT2D eigenvalue weighted by Gasteiger charge is 2.67. The van der Waals surface area contributed by atoms with E-state index in [0.717, 1.165) is 25.2 Å². The highest BCUT2D eigenvalue weighted by Crippen LogP contribution is 2.63. The Kier molecular flexibility index (Phi) is 3.30. The van der Waals surface area contributed by atoms with Crippen LogP contribution in [-0.4, -0.2) is 18.1 Å². The Hall–Kier alpha value is -0.610. The molecular formula is C16H16Cl2N2S. The molecule has 1 saturated heterocycles. The van der Waals surface area contributed by atoms with Gasteiger partial charge in [0.2, 0.25) is 0 Å². The Bertz CT molecular complexity index is 699. The number of nitrogens with zero attached hydrogens (tertiary/aromatic N) is 1. The monoisotopic (exact) mass is 338 g/mol. The van der Waals surface area contributed by atoms with Gasteiger partial charge in [-0.05, 0) is 43.0 Å². The van der Waals surface area contributed by atoms with E-state index < -0.39 is 0 Å². The molecule has 21 heavy (non-hydrogen) atoms. The van der Waals surface area contributed by atoms with Crippen LogP contribution >= 0.6 is 34.5 Å². The molecule has 4 rings (SSSR count). The number of hydrogen-bond acceptors (Lipinski definition) is 3. The van der Waals surface area contributed by atoms with E-state index in [9.17, 15) is 0 Å². The maximum Gasteiger partial charge on any atom is 0.0931 e. The Balaban J connectivity index is 1.64. The average Bonchev–Trinajstić information content (AvgIpc) is 2.84. The molecule has 1 N–H and O–H groups in total. The third-order valence-corrected chi connectivity index (χ3v) is 6.73. The van der Waals surface area contributed by atoms with Gasteiger partial charge in [0.25, 0.3) is 0 Å². The summed E-state index contributed by atoms with van der Waals surface area (Å²) in [5, 5.41) is 8.20. The minimum absolute atomic E-state index is 0.230. The molecule has 1 aromatic heterocycles. The number of rotatable bonds is 3. The largest absolute Gasteiger partial charge is 0.316 e. The van der Waals surface area contributed by atoms with Gasteiger partial charge in [-0.3, -0.25) is 0 Å². The number of fused-ring (bicyclic) bond motifs is 1. The summed E-state index contributed by atoms with van der Waals surface area (Å²) in [6.45, 7) is 4.18. The van der Waals surface area contributed by atoms with E-state index in [2.05, 4.69) is 34.7 Å². The van der Waals surface area contributed by atoms with E-state index >= 15 is 0 Å². The smallest absolute Gasteiger partial charge is 0.0931 e. The van der Waals surface area contributed by atoms with Crippen molar-refractivity contribution in [3.05, 3.63) is 49.9 Å². The minimum Gasteiger partial charge on any atom is -0.316 e. The van der Waals surface area contributed by atoms with Gasteiger partial charge < -0.3 is 5.32 Å². The molecule has 1 saturated carbocycles. The average molecular weight is 339 g/mol. The lowest BCUT2D eigenvalue weighted by Gasteiger charge is -2.16. The van der Waals surface area contributed by atoms with Crippen molar-refractivity contribution in [1.82, 2.24) is 10.3 Å². The van der Waals surface area contributed by atoms with Gasteiger partial charge in [0.1, 0.15) is 0 Å². The third kappa shape index (κ3) is 2.14. The number of aromatic nitrogens is 1. The molecule has 0 amide bonds. The van der Waals surface area contributed by atoms with Crippen molar-refractivity contribution in [2.75, 3.05) is 13.1 Å². The number of nitrogens with one attached hydrogen (secondary N) is 1. The van der Waals surface area contributed by atoms with E-state index in [1.807, 2.05) is 6.07 Å². The number of halogens is 2. The van der Waals surface area contributed by atoms with Crippen molar-refractivity contribution in [3.8, 4) is 0 Å². The highest BCUT2D eigenvalue weighted by molar-refractivity contribution is 7.09. The lowest BCUT2D eigenvalue weighted by atomic mass is 9.92. The molecule has 0 unspecified atom stereocenters. The predicted octanol–water partition coefficient (Wildman–Crippen LogP) is 4.09. The maximum atomic E-state index is 6.22. The molecule has 3 atom stereocenters. The molecule has 1 aromatic carbocycles.